The zero-order chi connectivity index (χ0) is 18.7. The van der Waals surface area contributed by atoms with Crippen LogP contribution in [0.2, 0.25) is 0 Å². The number of halogens is 1. The smallest absolute Gasteiger partial charge is 0.240 e. The van der Waals surface area contributed by atoms with Crippen LogP contribution in [0.3, 0.4) is 0 Å². The van der Waals surface area contributed by atoms with E-state index in [0.717, 1.165) is 0 Å². The first-order valence-electron chi connectivity index (χ1n) is 7.46. The van der Waals surface area contributed by atoms with Gasteiger partial charge in [0.05, 0.1) is 4.90 Å². The quantitative estimate of drug-likeness (QED) is 0.728. The van der Waals surface area contributed by atoms with E-state index in [1.807, 2.05) is 0 Å². The Morgan fingerprint density at radius 2 is 1.68 bits per heavy atom. The summed E-state index contributed by atoms with van der Waals surface area (Å²) >= 11 is 0. The number of carbonyl (C=O) groups is 1. The number of amides is 1. The number of aliphatic hydroxyl groups is 1. The maximum Gasteiger partial charge on any atom is 0.240 e. The monoisotopic (exact) mass is 366 g/mol. The summed E-state index contributed by atoms with van der Waals surface area (Å²) in [6, 6.07) is 10.8. The van der Waals surface area contributed by atoms with E-state index in [4.69, 9.17) is 0 Å². The van der Waals surface area contributed by atoms with Crippen molar-refractivity contribution in [1.82, 2.24) is 4.72 Å². The first-order chi connectivity index (χ1) is 11.6. The Bertz CT molecular complexity index is 847. The molecular formula is C17H19FN2O4S. The van der Waals surface area contributed by atoms with Crippen molar-refractivity contribution in [2.45, 2.75) is 24.3 Å². The van der Waals surface area contributed by atoms with Crippen LogP contribution in [0.4, 0.5) is 10.1 Å². The van der Waals surface area contributed by atoms with Crippen molar-refractivity contribution in [1.29, 1.82) is 0 Å². The van der Waals surface area contributed by atoms with Gasteiger partial charge in [-0.2, -0.15) is 0 Å². The van der Waals surface area contributed by atoms with E-state index in [1.54, 1.807) is 0 Å². The first kappa shape index (κ1) is 19.0. The van der Waals surface area contributed by atoms with E-state index in [2.05, 4.69) is 10.0 Å². The minimum atomic E-state index is -3.85. The number of anilines is 1. The molecule has 2 rings (SSSR count). The molecule has 0 saturated carbocycles. The number of rotatable bonds is 6. The predicted octanol–water partition coefficient (Wildman–Crippen LogP) is 1.97. The van der Waals surface area contributed by atoms with Gasteiger partial charge in [0.2, 0.25) is 15.9 Å². The second-order valence-electron chi connectivity index (χ2n) is 5.81. The maximum absolute atomic E-state index is 13.0. The summed E-state index contributed by atoms with van der Waals surface area (Å²) in [6.07, 6.45) is 0. The molecular weight excluding hydrogens is 347 g/mol. The number of benzene rings is 2. The molecule has 0 aliphatic carbocycles. The molecule has 0 bridgehead atoms. The SMILES string of the molecule is CC(=O)Nc1ccc(S(=O)(=O)NCC(C)(O)c2ccc(F)cc2)cc1. The fraction of sp³-hybridized carbons (Fsp3) is 0.235. The summed E-state index contributed by atoms with van der Waals surface area (Å²) in [5.74, 6) is -0.705. The third-order valence-corrected chi connectivity index (χ3v) is 4.97. The molecule has 134 valence electrons. The number of sulfonamides is 1. The third kappa shape index (κ3) is 5.09. The van der Waals surface area contributed by atoms with Gasteiger partial charge in [-0.1, -0.05) is 12.1 Å². The lowest BCUT2D eigenvalue weighted by atomic mass is 9.96. The van der Waals surface area contributed by atoms with Gasteiger partial charge in [0.15, 0.2) is 0 Å². The van der Waals surface area contributed by atoms with Crippen molar-refractivity contribution in [3.63, 3.8) is 0 Å². The largest absolute Gasteiger partial charge is 0.384 e. The average Bonchev–Trinajstić information content (AvgIpc) is 2.54. The van der Waals surface area contributed by atoms with Gasteiger partial charge >= 0.3 is 0 Å². The fourth-order valence-corrected chi connectivity index (χ4v) is 3.28. The topological polar surface area (TPSA) is 95.5 Å². The highest BCUT2D eigenvalue weighted by molar-refractivity contribution is 7.89. The summed E-state index contributed by atoms with van der Waals surface area (Å²) in [5.41, 5.74) is -0.640. The lowest BCUT2D eigenvalue weighted by Crippen LogP contribution is -2.38. The van der Waals surface area contributed by atoms with Gasteiger partial charge in [-0.05, 0) is 48.9 Å². The summed E-state index contributed by atoms with van der Waals surface area (Å²) in [6.45, 7) is 2.50. The Hall–Kier alpha value is -2.29. The lowest BCUT2D eigenvalue weighted by molar-refractivity contribution is -0.114. The highest BCUT2D eigenvalue weighted by Gasteiger charge is 2.26. The van der Waals surface area contributed by atoms with Gasteiger partial charge in [0, 0.05) is 19.2 Å². The van der Waals surface area contributed by atoms with Gasteiger partial charge < -0.3 is 10.4 Å². The molecule has 0 heterocycles. The van der Waals surface area contributed by atoms with Crippen LogP contribution in [0.1, 0.15) is 19.4 Å². The Balaban J connectivity index is 2.10. The van der Waals surface area contributed by atoms with Crippen molar-refractivity contribution in [3.8, 4) is 0 Å². The van der Waals surface area contributed by atoms with Crippen LogP contribution in [-0.4, -0.2) is 26.0 Å². The van der Waals surface area contributed by atoms with Crippen LogP contribution in [0, 0.1) is 5.82 Å². The summed E-state index contributed by atoms with van der Waals surface area (Å²) in [5, 5.41) is 13.0. The van der Waals surface area contributed by atoms with Crippen LogP contribution >= 0.6 is 0 Å². The molecule has 3 N–H and O–H groups in total. The third-order valence-electron chi connectivity index (χ3n) is 3.56. The van der Waals surface area contributed by atoms with Crippen LogP contribution in [0.25, 0.3) is 0 Å². The van der Waals surface area contributed by atoms with E-state index in [9.17, 15) is 22.7 Å². The van der Waals surface area contributed by atoms with E-state index >= 15 is 0 Å². The van der Waals surface area contributed by atoms with Gasteiger partial charge in [0.25, 0.3) is 0 Å². The molecule has 0 aliphatic rings. The molecule has 2 aromatic rings. The summed E-state index contributed by atoms with van der Waals surface area (Å²) < 4.78 is 40.0. The van der Waals surface area contributed by atoms with Crippen molar-refractivity contribution >= 4 is 21.6 Å². The van der Waals surface area contributed by atoms with Crippen molar-refractivity contribution in [3.05, 3.63) is 59.9 Å². The molecule has 1 unspecified atom stereocenters. The highest BCUT2D eigenvalue weighted by Crippen LogP contribution is 2.21. The Kier molecular flexibility index (Phi) is 5.56. The molecule has 0 fully saturated rings. The number of carbonyl (C=O) groups excluding carboxylic acids is 1. The van der Waals surface area contributed by atoms with Crippen molar-refractivity contribution in [2.24, 2.45) is 0 Å². The first-order valence-corrected chi connectivity index (χ1v) is 8.94. The van der Waals surface area contributed by atoms with Crippen molar-refractivity contribution in [2.75, 3.05) is 11.9 Å². The van der Waals surface area contributed by atoms with Gasteiger partial charge in [-0.25, -0.2) is 17.5 Å². The van der Waals surface area contributed by atoms with Gasteiger partial charge in [0.1, 0.15) is 11.4 Å². The molecule has 0 aliphatic heterocycles. The van der Waals surface area contributed by atoms with Crippen LogP contribution in [0.5, 0.6) is 0 Å². The van der Waals surface area contributed by atoms with Gasteiger partial charge in [-0.3, -0.25) is 4.79 Å². The molecule has 25 heavy (non-hydrogen) atoms. The van der Waals surface area contributed by atoms with E-state index in [1.165, 1.54) is 62.4 Å². The number of nitrogens with one attached hydrogen (secondary N) is 2. The minimum Gasteiger partial charge on any atom is -0.384 e. The second-order valence-corrected chi connectivity index (χ2v) is 7.58. The number of hydrogen-bond acceptors (Lipinski definition) is 4. The second kappa shape index (κ2) is 7.30. The van der Waals surface area contributed by atoms with E-state index in [0.29, 0.717) is 11.3 Å². The molecule has 0 radical (unpaired) electrons. The predicted molar refractivity (Wildman–Crippen MR) is 91.9 cm³/mol. The van der Waals surface area contributed by atoms with E-state index in [-0.39, 0.29) is 17.3 Å². The van der Waals surface area contributed by atoms with Crippen LogP contribution < -0.4 is 10.0 Å². The zero-order valence-electron chi connectivity index (χ0n) is 13.8. The standard InChI is InChI=1S/C17H19FN2O4S/c1-12(21)20-15-7-9-16(10-8-15)25(23,24)19-11-17(2,22)13-3-5-14(18)6-4-13/h3-10,19,22H,11H2,1-2H3,(H,20,21). The molecule has 0 saturated heterocycles. The fourth-order valence-electron chi connectivity index (χ4n) is 2.15. The Morgan fingerprint density at radius 1 is 1.12 bits per heavy atom. The Morgan fingerprint density at radius 3 is 2.20 bits per heavy atom. The maximum atomic E-state index is 13.0. The van der Waals surface area contributed by atoms with E-state index < -0.39 is 21.4 Å². The number of hydrogen-bond donors (Lipinski definition) is 3. The summed E-state index contributed by atoms with van der Waals surface area (Å²) in [4.78, 5) is 11.0. The molecule has 0 spiro atoms. The molecule has 0 aromatic heterocycles. The highest BCUT2D eigenvalue weighted by atomic mass is 32.2. The van der Waals surface area contributed by atoms with Crippen LogP contribution in [-0.2, 0) is 20.4 Å². The molecule has 6 nitrogen and oxygen atoms in total. The zero-order valence-corrected chi connectivity index (χ0v) is 14.6. The normalized spacial score (nSPS) is 13.9. The average molecular weight is 366 g/mol. The van der Waals surface area contributed by atoms with Gasteiger partial charge in [-0.15, -0.1) is 0 Å². The molecule has 1 atom stereocenters. The van der Waals surface area contributed by atoms with Crippen LogP contribution in [0.15, 0.2) is 53.4 Å². The molecule has 1 amide bonds. The molecule has 8 heteroatoms. The summed E-state index contributed by atoms with van der Waals surface area (Å²) in [7, 11) is -3.85. The molecule has 2 aromatic carbocycles. The lowest BCUT2D eigenvalue weighted by Gasteiger charge is -2.24. The van der Waals surface area contributed by atoms with Crippen molar-refractivity contribution < 1.29 is 22.7 Å². The Labute approximate surface area is 145 Å². The minimum absolute atomic E-state index is 0.00323.